The molecule has 0 aromatic carbocycles. The molecule has 1 aliphatic rings. The second kappa shape index (κ2) is 8.93. The standard InChI is InChI=1S/C21H29N5O4/c1-14-11-18(15-12-23-8-5-17(15)24-14)26-9-6-21(30,7-10-26)13-25(2)19(27)4-3-16(22)20(28)29/h5,8,11-12,16,30H,3-4,6-7,9-10,13,22H2,1-2H3,(H,28,29)/t16-/m0/s1. The molecule has 0 saturated carbocycles. The van der Waals surface area contributed by atoms with Crippen LogP contribution in [0.2, 0.25) is 0 Å². The Bertz CT molecular complexity index is 927. The van der Waals surface area contributed by atoms with Crippen molar-refractivity contribution in [3.05, 3.63) is 30.2 Å². The number of aryl methyl sites for hydroxylation is 1. The number of nitrogens with two attached hydrogens (primary N) is 1. The topological polar surface area (TPSA) is 133 Å². The van der Waals surface area contributed by atoms with Crippen molar-refractivity contribution in [1.29, 1.82) is 0 Å². The first-order valence-electron chi connectivity index (χ1n) is 10.1. The number of piperidine rings is 1. The Kier molecular flexibility index (Phi) is 6.52. The van der Waals surface area contributed by atoms with Gasteiger partial charge >= 0.3 is 5.97 Å². The fourth-order valence-corrected chi connectivity index (χ4v) is 3.89. The lowest BCUT2D eigenvalue weighted by Gasteiger charge is -2.41. The number of aromatic nitrogens is 2. The van der Waals surface area contributed by atoms with Gasteiger partial charge in [-0.05, 0) is 38.3 Å². The van der Waals surface area contributed by atoms with Crippen LogP contribution in [0, 0.1) is 6.92 Å². The number of pyridine rings is 2. The van der Waals surface area contributed by atoms with E-state index in [9.17, 15) is 14.7 Å². The summed E-state index contributed by atoms with van der Waals surface area (Å²) in [6, 6.07) is 2.88. The van der Waals surface area contributed by atoms with E-state index < -0.39 is 17.6 Å². The molecule has 0 bridgehead atoms. The van der Waals surface area contributed by atoms with Gasteiger partial charge in [-0.25, -0.2) is 0 Å². The van der Waals surface area contributed by atoms with Gasteiger partial charge in [0.25, 0.3) is 0 Å². The third-order valence-corrected chi connectivity index (χ3v) is 5.69. The summed E-state index contributed by atoms with van der Waals surface area (Å²) in [7, 11) is 1.63. The summed E-state index contributed by atoms with van der Waals surface area (Å²) in [5, 5.41) is 20.8. The van der Waals surface area contributed by atoms with Gasteiger partial charge in [-0.3, -0.25) is 19.6 Å². The quantitative estimate of drug-likeness (QED) is 0.608. The molecule has 2 aromatic rings. The Balaban J connectivity index is 1.61. The van der Waals surface area contributed by atoms with Crippen LogP contribution in [0.5, 0.6) is 0 Å². The van der Waals surface area contributed by atoms with Crippen LogP contribution in [0.1, 0.15) is 31.4 Å². The molecule has 1 aliphatic heterocycles. The SMILES string of the molecule is Cc1cc(N2CCC(O)(CN(C)C(=O)CC[C@H](N)C(=O)O)CC2)c2cnccc2n1. The number of hydrogen-bond acceptors (Lipinski definition) is 7. The summed E-state index contributed by atoms with van der Waals surface area (Å²) in [4.78, 5) is 35.6. The summed E-state index contributed by atoms with van der Waals surface area (Å²) in [6.45, 7) is 3.46. The zero-order chi connectivity index (χ0) is 21.9. The minimum atomic E-state index is -1.12. The van der Waals surface area contributed by atoms with Gasteiger partial charge in [0.2, 0.25) is 5.91 Å². The van der Waals surface area contributed by atoms with Crippen molar-refractivity contribution >= 4 is 28.5 Å². The average molecular weight is 415 g/mol. The van der Waals surface area contributed by atoms with Crippen LogP contribution >= 0.6 is 0 Å². The monoisotopic (exact) mass is 415 g/mol. The largest absolute Gasteiger partial charge is 0.480 e. The molecule has 162 valence electrons. The minimum absolute atomic E-state index is 0.0431. The molecule has 3 heterocycles. The van der Waals surface area contributed by atoms with Crippen LogP contribution in [-0.2, 0) is 9.59 Å². The Morgan fingerprint density at radius 2 is 2.07 bits per heavy atom. The van der Waals surface area contributed by atoms with E-state index >= 15 is 0 Å². The Labute approximate surface area is 175 Å². The number of aliphatic hydroxyl groups is 1. The fraction of sp³-hybridized carbons (Fsp3) is 0.524. The predicted octanol–water partition coefficient (Wildman–Crippen LogP) is 0.920. The fourth-order valence-electron chi connectivity index (χ4n) is 3.89. The minimum Gasteiger partial charge on any atom is -0.480 e. The molecule has 1 amide bonds. The lowest BCUT2D eigenvalue weighted by molar-refractivity contribution is -0.139. The van der Waals surface area contributed by atoms with Gasteiger partial charge in [-0.15, -0.1) is 0 Å². The molecule has 9 heteroatoms. The van der Waals surface area contributed by atoms with Crippen LogP contribution in [0.15, 0.2) is 24.5 Å². The number of aliphatic carboxylic acids is 1. The number of amides is 1. The van der Waals surface area contributed by atoms with Crippen molar-refractivity contribution in [3.63, 3.8) is 0 Å². The number of nitrogens with zero attached hydrogens (tertiary/aromatic N) is 4. The highest BCUT2D eigenvalue weighted by atomic mass is 16.4. The maximum absolute atomic E-state index is 12.3. The molecule has 4 N–H and O–H groups in total. The zero-order valence-electron chi connectivity index (χ0n) is 17.4. The number of hydrogen-bond donors (Lipinski definition) is 3. The van der Waals surface area contributed by atoms with E-state index in [0.29, 0.717) is 25.9 Å². The molecule has 0 radical (unpaired) electrons. The van der Waals surface area contributed by atoms with E-state index in [4.69, 9.17) is 10.8 Å². The predicted molar refractivity (Wildman–Crippen MR) is 113 cm³/mol. The van der Waals surface area contributed by atoms with Gasteiger partial charge in [0.1, 0.15) is 6.04 Å². The number of rotatable bonds is 7. The van der Waals surface area contributed by atoms with Gasteiger partial charge in [0.05, 0.1) is 11.1 Å². The van der Waals surface area contributed by atoms with Crippen molar-refractivity contribution < 1.29 is 19.8 Å². The average Bonchev–Trinajstić information content (AvgIpc) is 2.71. The highest BCUT2D eigenvalue weighted by Gasteiger charge is 2.35. The van der Waals surface area contributed by atoms with Gasteiger partial charge in [0, 0.05) is 62.3 Å². The normalized spacial score (nSPS) is 17.0. The first-order chi connectivity index (χ1) is 14.2. The number of carboxylic acid groups (broad SMARTS) is 1. The molecule has 9 nitrogen and oxygen atoms in total. The van der Waals surface area contributed by atoms with Gasteiger partial charge < -0.3 is 25.7 Å². The number of likely N-dealkylation sites (N-methyl/N-ethyl adjacent to an activating group) is 1. The summed E-state index contributed by atoms with van der Waals surface area (Å²) >= 11 is 0. The van der Waals surface area contributed by atoms with Gasteiger partial charge in [-0.1, -0.05) is 0 Å². The molecule has 0 spiro atoms. The molecule has 2 aromatic heterocycles. The number of anilines is 1. The highest BCUT2D eigenvalue weighted by Crippen LogP contribution is 2.31. The van der Waals surface area contributed by atoms with E-state index in [1.165, 1.54) is 4.90 Å². The first kappa shape index (κ1) is 21.9. The van der Waals surface area contributed by atoms with Crippen LogP contribution in [0.4, 0.5) is 5.69 Å². The Morgan fingerprint density at radius 3 is 2.73 bits per heavy atom. The second-order valence-electron chi connectivity index (χ2n) is 8.12. The third-order valence-electron chi connectivity index (χ3n) is 5.69. The number of carboxylic acids is 1. The number of carbonyl (C=O) groups excluding carboxylic acids is 1. The molecule has 1 fully saturated rings. The van der Waals surface area contributed by atoms with Gasteiger partial charge in [-0.2, -0.15) is 0 Å². The van der Waals surface area contributed by atoms with Crippen molar-refractivity contribution in [3.8, 4) is 0 Å². The lowest BCUT2D eigenvalue weighted by Crippen LogP contribution is -2.51. The third kappa shape index (κ3) is 5.03. The molecule has 1 atom stereocenters. The summed E-state index contributed by atoms with van der Waals surface area (Å²) < 4.78 is 0. The van der Waals surface area contributed by atoms with E-state index in [1.54, 1.807) is 13.2 Å². The van der Waals surface area contributed by atoms with Crippen LogP contribution in [-0.4, -0.2) is 75.3 Å². The van der Waals surface area contributed by atoms with E-state index in [-0.39, 0.29) is 25.3 Å². The van der Waals surface area contributed by atoms with Crippen molar-refractivity contribution in [1.82, 2.24) is 14.9 Å². The summed E-state index contributed by atoms with van der Waals surface area (Å²) in [5.74, 6) is -1.34. The number of fused-ring (bicyclic) bond motifs is 1. The molecule has 1 saturated heterocycles. The number of carbonyl (C=O) groups is 2. The maximum atomic E-state index is 12.3. The van der Waals surface area contributed by atoms with Crippen molar-refractivity contribution in [2.45, 2.75) is 44.2 Å². The lowest BCUT2D eigenvalue weighted by atomic mass is 9.90. The second-order valence-corrected chi connectivity index (χ2v) is 8.12. The Morgan fingerprint density at radius 1 is 1.37 bits per heavy atom. The molecular weight excluding hydrogens is 386 g/mol. The Hall–Kier alpha value is -2.78. The van der Waals surface area contributed by atoms with Crippen molar-refractivity contribution in [2.24, 2.45) is 5.73 Å². The highest BCUT2D eigenvalue weighted by molar-refractivity contribution is 5.91. The molecule has 0 unspecified atom stereocenters. The molecule has 30 heavy (non-hydrogen) atoms. The summed E-state index contributed by atoms with van der Waals surface area (Å²) in [6.07, 6.45) is 4.69. The van der Waals surface area contributed by atoms with Crippen molar-refractivity contribution in [2.75, 3.05) is 31.6 Å². The molecule has 0 aliphatic carbocycles. The first-order valence-corrected chi connectivity index (χ1v) is 10.1. The van der Waals surface area contributed by atoms with E-state index in [0.717, 1.165) is 22.3 Å². The van der Waals surface area contributed by atoms with Crippen LogP contribution < -0.4 is 10.6 Å². The zero-order valence-corrected chi connectivity index (χ0v) is 17.4. The summed E-state index contributed by atoms with van der Waals surface area (Å²) in [5.41, 5.74) is 7.36. The van der Waals surface area contributed by atoms with E-state index in [2.05, 4.69) is 14.9 Å². The maximum Gasteiger partial charge on any atom is 0.320 e. The van der Waals surface area contributed by atoms with Gasteiger partial charge in [0.15, 0.2) is 0 Å². The van der Waals surface area contributed by atoms with E-state index in [1.807, 2.05) is 25.3 Å². The van der Waals surface area contributed by atoms with Crippen LogP contribution in [0.3, 0.4) is 0 Å². The molecule has 3 rings (SSSR count). The van der Waals surface area contributed by atoms with Crippen LogP contribution in [0.25, 0.3) is 10.9 Å². The molecular formula is C21H29N5O4. The smallest absolute Gasteiger partial charge is 0.320 e.